The average Bonchev–Trinajstić information content (AvgIpc) is 3.11. The predicted molar refractivity (Wildman–Crippen MR) is 108 cm³/mol. The van der Waals surface area contributed by atoms with Gasteiger partial charge in [0, 0.05) is 12.7 Å². The van der Waals surface area contributed by atoms with Gasteiger partial charge < -0.3 is 5.32 Å². The van der Waals surface area contributed by atoms with Gasteiger partial charge in [0.25, 0.3) is 5.56 Å². The van der Waals surface area contributed by atoms with Crippen molar-refractivity contribution in [2.45, 2.75) is 12.7 Å². The molecule has 2 aromatic carbocycles. The number of aromatic nitrogens is 4. The maximum absolute atomic E-state index is 12.9. The van der Waals surface area contributed by atoms with Gasteiger partial charge in [0.2, 0.25) is 5.91 Å². The molecule has 0 aliphatic rings. The van der Waals surface area contributed by atoms with E-state index in [1.807, 2.05) is 0 Å². The van der Waals surface area contributed by atoms with Gasteiger partial charge in [-0.25, -0.2) is 4.98 Å². The minimum absolute atomic E-state index is 0.244. The number of hydrogen-bond donors (Lipinski definition) is 1. The van der Waals surface area contributed by atoms with Gasteiger partial charge in [-0.1, -0.05) is 24.3 Å². The molecule has 4 rings (SSSR count). The van der Waals surface area contributed by atoms with Gasteiger partial charge in [-0.15, -0.1) is 0 Å². The number of benzene rings is 2. The van der Waals surface area contributed by atoms with Crippen LogP contribution in [-0.2, 0) is 24.6 Å². The highest BCUT2D eigenvalue weighted by atomic mass is 19.4. The number of anilines is 1. The van der Waals surface area contributed by atoms with Crippen LogP contribution in [0.2, 0.25) is 0 Å². The number of alkyl halides is 3. The fourth-order valence-corrected chi connectivity index (χ4v) is 3.16. The number of hydrogen-bond acceptors (Lipinski definition) is 4. The molecule has 0 radical (unpaired) electrons. The molecule has 0 saturated carbocycles. The second kappa shape index (κ2) is 7.71. The number of amides is 1. The van der Waals surface area contributed by atoms with E-state index in [1.54, 1.807) is 37.4 Å². The van der Waals surface area contributed by atoms with Crippen LogP contribution < -0.4 is 10.9 Å². The Morgan fingerprint density at radius 2 is 1.84 bits per heavy atom. The molecule has 0 atom stereocenters. The van der Waals surface area contributed by atoms with Gasteiger partial charge in [0.05, 0.1) is 11.8 Å². The summed E-state index contributed by atoms with van der Waals surface area (Å²) >= 11 is 0. The number of halogens is 3. The van der Waals surface area contributed by atoms with Gasteiger partial charge in [0.15, 0.2) is 5.65 Å². The number of nitrogens with zero attached hydrogens (tertiary/aromatic N) is 4. The maximum atomic E-state index is 12.9. The molecule has 1 amide bonds. The smallest absolute Gasteiger partial charge is 0.325 e. The van der Waals surface area contributed by atoms with Crippen molar-refractivity contribution in [2.24, 2.45) is 7.05 Å². The van der Waals surface area contributed by atoms with Crippen LogP contribution in [0.15, 0.2) is 65.8 Å². The van der Waals surface area contributed by atoms with Gasteiger partial charge in [-0.2, -0.15) is 18.3 Å². The Labute approximate surface area is 173 Å². The Kier molecular flexibility index (Phi) is 5.05. The quantitative estimate of drug-likeness (QED) is 0.541. The molecule has 0 bridgehead atoms. The van der Waals surface area contributed by atoms with E-state index in [1.165, 1.54) is 27.8 Å². The van der Waals surface area contributed by atoms with E-state index in [9.17, 15) is 22.8 Å². The van der Waals surface area contributed by atoms with Crippen LogP contribution in [0, 0.1) is 0 Å². The SMILES string of the molecule is Cn1ncc2c(=O)n(CC(=O)Nc3ccc(-c4cccc(C(F)(F)F)c4)cc3)cnc21. The lowest BCUT2D eigenvalue weighted by Gasteiger charge is -2.10. The molecule has 0 aliphatic carbocycles. The van der Waals surface area contributed by atoms with E-state index in [4.69, 9.17) is 0 Å². The first-order chi connectivity index (χ1) is 14.7. The lowest BCUT2D eigenvalue weighted by atomic mass is 10.0. The van der Waals surface area contributed by atoms with Crippen LogP contribution in [0.4, 0.5) is 18.9 Å². The maximum Gasteiger partial charge on any atom is 0.416 e. The molecular formula is C21H16F3N5O2. The standard InChI is InChI=1S/C21H16F3N5O2/c1-28-19-17(10-26-28)20(31)29(12-25-19)11-18(30)27-16-7-5-13(6-8-16)14-3-2-4-15(9-14)21(22,23)24/h2-10,12H,11H2,1H3,(H,27,30). The molecule has 2 aromatic heterocycles. The fourth-order valence-electron chi connectivity index (χ4n) is 3.16. The van der Waals surface area contributed by atoms with Gasteiger partial charge in [-0.3, -0.25) is 18.8 Å². The summed E-state index contributed by atoms with van der Waals surface area (Å²) < 4.78 is 41.4. The Bertz CT molecular complexity index is 1320. The molecule has 4 aromatic rings. The van der Waals surface area contributed by atoms with Crippen molar-refractivity contribution in [1.82, 2.24) is 19.3 Å². The number of nitrogens with one attached hydrogen (secondary N) is 1. The monoisotopic (exact) mass is 427 g/mol. The third-order valence-corrected chi connectivity index (χ3v) is 4.72. The first-order valence-corrected chi connectivity index (χ1v) is 9.17. The number of carbonyl (C=O) groups is 1. The molecular weight excluding hydrogens is 411 g/mol. The van der Waals surface area contributed by atoms with E-state index in [0.29, 0.717) is 27.8 Å². The highest BCUT2D eigenvalue weighted by Gasteiger charge is 2.30. The minimum atomic E-state index is -4.42. The average molecular weight is 427 g/mol. The number of fused-ring (bicyclic) bond motifs is 1. The molecule has 0 aliphatic heterocycles. The molecule has 0 unspecified atom stereocenters. The molecule has 2 heterocycles. The first kappa shape index (κ1) is 20.3. The van der Waals surface area contributed by atoms with Crippen molar-refractivity contribution in [1.29, 1.82) is 0 Å². The summed E-state index contributed by atoms with van der Waals surface area (Å²) in [5, 5.41) is 6.94. The van der Waals surface area contributed by atoms with Crippen molar-refractivity contribution in [2.75, 3.05) is 5.32 Å². The third kappa shape index (κ3) is 4.18. The second-order valence-electron chi connectivity index (χ2n) is 6.89. The summed E-state index contributed by atoms with van der Waals surface area (Å²) in [6.07, 6.45) is -1.75. The zero-order chi connectivity index (χ0) is 22.2. The van der Waals surface area contributed by atoms with E-state index < -0.39 is 17.6 Å². The highest BCUT2D eigenvalue weighted by Crippen LogP contribution is 2.32. The van der Waals surface area contributed by atoms with Gasteiger partial charge in [-0.05, 0) is 35.4 Å². The summed E-state index contributed by atoms with van der Waals surface area (Å²) in [4.78, 5) is 28.9. The Balaban J connectivity index is 1.48. The van der Waals surface area contributed by atoms with Crippen LogP contribution in [0.25, 0.3) is 22.2 Å². The zero-order valence-corrected chi connectivity index (χ0v) is 16.2. The van der Waals surface area contributed by atoms with Crippen LogP contribution >= 0.6 is 0 Å². The molecule has 0 fully saturated rings. The zero-order valence-electron chi connectivity index (χ0n) is 16.2. The Morgan fingerprint density at radius 3 is 2.55 bits per heavy atom. The number of rotatable bonds is 4. The normalized spacial score (nSPS) is 11.6. The molecule has 1 N–H and O–H groups in total. The predicted octanol–water partition coefficient (Wildman–Crippen LogP) is 3.45. The minimum Gasteiger partial charge on any atom is -0.325 e. The molecule has 0 saturated heterocycles. The summed E-state index contributed by atoms with van der Waals surface area (Å²) in [6, 6.07) is 11.4. The highest BCUT2D eigenvalue weighted by molar-refractivity contribution is 5.91. The largest absolute Gasteiger partial charge is 0.416 e. The van der Waals surface area contributed by atoms with Crippen molar-refractivity contribution in [3.05, 3.63) is 77.0 Å². The summed E-state index contributed by atoms with van der Waals surface area (Å²) in [7, 11) is 1.66. The topological polar surface area (TPSA) is 81.8 Å². The molecule has 158 valence electrons. The van der Waals surface area contributed by atoms with Crippen molar-refractivity contribution in [3.8, 4) is 11.1 Å². The van der Waals surface area contributed by atoms with E-state index >= 15 is 0 Å². The molecule has 0 spiro atoms. The Hall–Kier alpha value is -3.95. The van der Waals surface area contributed by atoms with Gasteiger partial charge >= 0.3 is 6.18 Å². The van der Waals surface area contributed by atoms with Crippen molar-refractivity contribution in [3.63, 3.8) is 0 Å². The second-order valence-corrected chi connectivity index (χ2v) is 6.89. The van der Waals surface area contributed by atoms with Gasteiger partial charge in [0.1, 0.15) is 18.3 Å². The van der Waals surface area contributed by atoms with Crippen molar-refractivity contribution < 1.29 is 18.0 Å². The fraction of sp³-hybridized carbons (Fsp3) is 0.143. The van der Waals surface area contributed by atoms with Crippen LogP contribution in [-0.4, -0.2) is 25.2 Å². The number of carbonyl (C=O) groups excluding carboxylic acids is 1. The van der Waals surface area contributed by atoms with Crippen LogP contribution in [0.5, 0.6) is 0 Å². The molecule has 7 nitrogen and oxygen atoms in total. The van der Waals surface area contributed by atoms with E-state index in [-0.39, 0.29) is 12.1 Å². The third-order valence-electron chi connectivity index (χ3n) is 4.72. The summed E-state index contributed by atoms with van der Waals surface area (Å²) in [5.74, 6) is -0.445. The van der Waals surface area contributed by atoms with Crippen LogP contribution in [0.3, 0.4) is 0 Å². The molecule has 10 heteroatoms. The summed E-state index contributed by atoms with van der Waals surface area (Å²) in [6.45, 7) is -0.244. The van der Waals surface area contributed by atoms with Crippen molar-refractivity contribution >= 4 is 22.6 Å². The van der Waals surface area contributed by atoms with Crippen LogP contribution in [0.1, 0.15) is 5.56 Å². The number of aryl methyl sites for hydroxylation is 1. The first-order valence-electron chi connectivity index (χ1n) is 9.17. The van der Waals surface area contributed by atoms with E-state index in [0.717, 1.165) is 12.1 Å². The summed E-state index contributed by atoms with van der Waals surface area (Å²) in [5.41, 5.74) is 0.748. The lowest BCUT2D eigenvalue weighted by molar-refractivity contribution is -0.137. The Morgan fingerprint density at radius 1 is 1.10 bits per heavy atom. The lowest BCUT2D eigenvalue weighted by Crippen LogP contribution is -2.27. The molecule has 31 heavy (non-hydrogen) atoms. The van der Waals surface area contributed by atoms with E-state index in [2.05, 4.69) is 15.4 Å².